The quantitative estimate of drug-likeness (QED) is 0.272. The normalized spacial score (nSPS) is 10.2. The Hall–Kier alpha value is -2.61. The van der Waals surface area contributed by atoms with Crippen LogP contribution in [0.2, 0.25) is 0 Å². The standard InChI is InChI=1S/C15H16N2O3/c1-2-3-4-7-12-16-15(18)11-10-13-8-5-6-9-14(13)17(19)20/h1,5-6,8-11H,3-4,7,12H2,(H,16,18)/b11-10+. The van der Waals surface area contributed by atoms with Crippen LogP contribution in [0.3, 0.4) is 0 Å². The Morgan fingerprint density at radius 3 is 2.85 bits per heavy atom. The van der Waals surface area contributed by atoms with Crippen molar-refractivity contribution in [2.75, 3.05) is 6.54 Å². The van der Waals surface area contributed by atoms with Gasteiger partial charge in [0.1, 0.15) is 0 Å². The van der Waals surface area contributed by atoms with E-state index >= 15 is 0 Å². The first kappa shape index (κ1) is 15.4. The number of benzene rings is 1. The molecule has 0 aromatic heterocycles. The average Bonchev–Trinajstić information content (AvgIpc) is 2.45. The van der Waals surface area contributed by atoms with Gasteiger partial charge >= 0.3 is 0 Å². The Balaban J connectivity index is 2.50. The Kier molecular flexibility index (Phi) is 6.55. The summed E-state index contributed by atoms with van der Waals surface area (Å²) in [6.07, 6.45) is 10.2. The minimum absolute atomic E-state index is 0.0226. The molecular weight excluding hydrogens is 256 g/mol. The summed E-state index contributed by atoms with van der Waals surface area (Å²) in [7, 11) is 0. The molecular formula is C15H16N2O3. The van der Waals surface area contributed by atoms with Crippen molar-refractivity contribution in [3.05, 3.63) is 46.0 Å². The van der Waals surface area contributed by atoms with E-state index in [4.69, 9.17) is 6.42 Å². The lowest BCUT2D eigenvalue weighted by Gasteiger charge is -2.00. The zero-order chi connectivity index (χ0) is 14.8. The molecule has 5 nitrogen and oxygen atoms in total. The molecule has 1 aromatic rings. The fraction of sp³-hybridized carbons (Fsp3) is 0.267. The summed E-state index contributed by atoms with van der Waals surface area (Å²) < 4.78 is 0. The third-order valence-electron chi connectivity index (χ3n) is 2.59. The molecule has 0 aliphatic rings. The molecule has 1 rings (SSSR count). The van der Waals surface area contributed by atoms with Gasteiger partial charge in [0.25, 0.3) is 5.69 Å². The highest BCUT2D eigenvalue weighted by Gasteiger charge is 2.09. The number of rotatable bonds is 7. The number of carbonyl (C=O) groups excluding carboxylic acids is 1. The van der Waals surface area contributed by atoms with Crippen LogP contribution in [0.5, 0.6) is 0 Å². The van der Waals surface area contributed by atoms with Crippen LogP contribution in [-0.4, -0.2) is 17.4 Å². The van der Waals surface area contributed by atoms with Gasteiger partial charge in [-0.2, -0.15) is 0 Å². The maximum absolute atomic E-state index is 11.5. The molecule has 104 valence electrons. The molecule has 1 N–H and O–H groups in total. The van der Waals surface area contributed by atoms with E-state index in [1.54, 1.807) is 18.2 Å². The molecule has 0 fully saturated rings. The molecule has 5 heteroatoms. The Morgan fingerprint density at radius 2 is 2.15 bits per heavy atom. The van der Waals surface area contributed by atoms with E-state index in [1.165, 1.54) is 18.2 Å². The maximum Gasteiger partial charge on any atom is 0.276 e. The van der Waals surface area contributed by atoms with E-state index in [0.29, 0.717) is 18.5 Å². The zero-order valence-electron chi connectivity index (χ0n) is 11.0. The van der Waals surface area contributed by atoms with Crippen LogP contribution in [0, 0.1) is 22.5 Å². The van der Waals surface area contributed by atoms with E-state index < -0.39 is 4.92 Å². The third kappa shape index (κ3) is 5.36. The highest BCUT2D eigenvalue weighted by atomic mass is 16.6. The van der Waals surface area contributed by atoms with E-state index in [1.807, 2.05) is 0 Å². The predicted octanol–water partition coefficient (Wildman–Crippen LogP) is 2.53. The van der Waals surface area contributed by atoms with Crippen molar-refractivity contribution >= 4 is 17.7 Å². The third-order valence-corrected chi connectivity index (χ3v) is 2.59. The van der Waals surface area contributed by atoms with Crippen molar-refractivity contribution in [3.63, 3.8) is 0 Å². The monoisotopic (exact) mass is 272 g/mol. The number of para-hydroxylation sites is 1. The van der Waals surface area contributed by atoms with Gasteiger partial charge in [0.05, 0.1) is 10.5 Å². The highest BCUT2D eigenvalue weighted by molar-refractivity contribution is 5.92. The minimum atomic E-state index is -0.475. The van der Waals surface area contributed by atoms with Gasteiger partial charge in [-0.3, -0.25) is 14.9 Å². The van der Waals surface area contributed by atoms with Crippen molar-refractivity contribution in [2.45, 2.75) is 19.3 Å². The molecule has 0 saturated carbocycles. The van der Waals surface area contributed by atoms with Crippen LogP contribution in [0.1, 0.15) is 24.8 Å². The number of hydrogen-bond acceptors (Lipinski definition) is 3. The van der Waals surface area contributed by atoms with Crippen molar-refractivity contribution in [3.8, 4) is 12.3 Å². The second-order valence-electron chi connectivity index (χ2n) is 4.10. The number of nitro groups is 1. The van der Waals surface area contributed by atoms with Crippen LogP contribution in [0.4, 0.5) is 5.69 Å². The molecule has 0 aliphatic heterocycles. The van der Waals surface area contributed by atoms with Crippen molar-refractivity contribution in [1.29, 1.82) is 0 Å². The lowest BCUT2D eigenvalue weighted by atomic mass is 10.1. The first-order valence-corrected chi connectivity index (χ1v) is 6.28. The zero-order valence-corrected chi connectivity index (χ0v) is 11.0. The second-order valence-corrected chi connectivity index (χ2v) is 4.10. The summed E-state index contributed by atoms with van der Waals surface area (Å²) in [4.78, 5) is 21.8. The molecule has 0 heterocycles. The maximum atomic E-state index is 11.5. The van der Waals surface area contributed by atoms with Crippen LogP contribution in [0.25, 0.3) is 6.08 Å². The number of hydrogen-bond donors (Lipinski definition) is 1. The van der Waals surface area contributed by atoms with Crippen LogP contribution in [0.15, 0.2) is 30.3 Å². The smallest absolute Gasteiger partial charge is 0.276 e. The molecule has 0 spiro atoms. The summed E-state index contributed by atoms with van der Waals surface area (Å²) >= 11 is 0. The number of unbranched alkanes of at least 4 members (excludes halogenated alkanes) is 2. The first-order chi connectivity index (χ1) is 9.65. The van der Waals surface area contributed by atoms with Gasteiger partial charge in [-0.1, -0.05) is 12.1 Å². The number of nitrogens with one attached hydrogen (secondary N) is 1. The number of carbonyl (C=O) groups is 1. The van der Waals surface area contributed by atoms with E-state index in [9.17, 15) is 14.9 Å². The number of terminal acetylenes is 1. The van der Waals surface area contributed by atoms with Crippen LogP contribution >= 0.6 is 0 Å². The largest absolute Gasteiger partial charge is 0.353 e. The number of nitro benzene ring substituents is 1. The Labute approximate surface area is 117 Å². The molecule has 0 aliphatic carbocycles. The number of nitrogens with zero attached hydrogens (tertiary/aromatic N) is 1. The molecule has 0 bridgehead atoms. The Bertz CT molecular complexity index is 544. The van der Waals surface area contributed by atoms with Crippen LogP contribution in [-0.2, 0) is 4.79 Å². The molecule has 1 aromatic carbocycles. The molecule has 20 heavy (non-hydrogen) atoms. The average molecular weight is 272 g/mol. The molecule has 0 unspecified atom stereocenters. The van der Waals surface area contributed by atoms with Crippen molar-refractivity contribution in [2.24, 2.45) is 0 Å². The van der Waals surface area contributed by atoms with Gasteiger partial charge in [0, 0.05) is 25.1 Å². The van der Waals surface area contributed by atoms with E-state index in [2.05, 4.69) is 11.2 Å². The van der Waals surface area contributed by atoms with Gasteiger partial charge < -0.3 is 5.32 Å². The fourth-order valence-electron chi connectivity index (χ4n) is 1.58. The minimum Gasteiger partial charge on any atom is -0.353 e. The van der Waals surface area contributed by atoms with Crippen molar-refractivity contribution in [1.82, 2.24) is 5.32 Å². The topological polar surface area (TPSA) is 72.2 Å². The summed E-state index contributed by atoms with van der Waals surface area (Å²) in [5.41, 5.74) is 0.380. The van der Waals surface area contributed by atoms with Crippen molar-refractivity contribution < 1.29 is 9.72 Å². The molecule has 1 amide bonds. The Morgan fingerprint density at radius 1 is 1.40 bits per heavy atom. The lowest BCUT2D eigenvalue weighted by molar-refractivity contribution is -0.385. The predicted molar refractivity (Wildman–Crippen MR) is 77.8 cm³/mol. The summed E-state index contributed by atoms with van der Waals surface area (Å²) in [6.45, 7) is 0.543. The van der Waals surface area contributed by atoms with Gasteiger partial charge in [0.2, 0.25) is 5.91 Å². The van der Waals surface area contributed by atoms with Crippen LogP contribution < -0.4 is 5.32 Å². The SMILES string of the molecule is C#CCCCCNC(=O)/C=C/c1ccccc1[N+](=O)[O-]. The summed E-state index contributed by atoms with van der Waals surface area (Å²) in [5, 5.41) is 13.5. The van der Waals surface area contributed by atoms with E-state index in [-0.39, 0.29) is 11.6 Å². The van der Waals surface area contributed by atoms with Gasteiger partial charge in [0.15, 0.2) is 0 Å². The second kappa shape index (κ2) is 8.48. The van der Waals surface area contributed by atoms with Gasteiger partial charge in [-0.25, -0.2) is 0 Å². The number of amides is 1. The fourth-order valence-corrected chi connectivity index (χ4v) is 1.58. The van der Waals surface area contributed by atoms with Gasteiger partial charge in [-0.15, -0.1) is 12.3 Å². The summed E-state index contributed by atoms with van der Waals surface area (Å²) in [5.74, 6) is 2.25. The lowest BCUT2D eigenvalue weighted by Crippen LogP contribution is -2.21. The highest BCUT2D eigenvalue weighted by Crippen LogP contribution is 2.18. The van der Waals surface area contributed by atoms with Gasteiger partial charge in [-0.05, 0) is 25.0 Å². The van der Waals surface area contributed by atoms with E-state index in [0.717, 1.165) is 12.8 Å². The first-order valence-electron chi connectivity index (χ1n) is 6.28. The molecule has 0 atom stereocenters. The molecule has 0 radical (unpaired) electrons. The molecule has 0 saturated heterocycles. The summed E-state index contributed by atoms with van der Waals surface area (Å²) in [6, 6.07) is 6.26.